The molecule has 0 saturated heterocycles. The number of hydrogen-bond donors (Lipinski definition) is 0. The first kappa shape index (κ1) is 11.5. The SMILES string of the molecule is O=S([O-])N(c1ccc(Cl)cn1)S(=O)[O-]. The molecule has 0 aromatic carbocycles. The molecule has 0 radical (unpaired) electrons. The van der Waals surface area contributed by atoms with Gasteiger partial charge in [-0.25, -0.2) is 8.69 Å². The number of hydrogen-bond acceptors (Lipinski definition) is 5. The summed E-state index contributed by atoms with van der Waals surface area (Å²) in [6.45, 7) is 0. The zero-order chi connectivity index (χ0) is 10.7. The molecule has 0 saturated carbocycles. The first-order chi connectivity index (χ1) is 6.52. The van der Waals surface area contributed by atoms with Crippen LogP contribution in [-0.2, 0) is 22.5 Å². The van der Waals surface area contributed by atoms with E-state index in [1.165, 1.54) is 12.1 Å². The van der Waals surface area contributed by atoms with Gasteiger partial charge in [0.15, 0.2) is 5.82 Å². The van der Waals surface area contributed by atoms with Gasteiger partial charge in [-0.05, 0) is 12.1 Å². The van der Waals surface area contributed by atoms with Crippen LogP contribution in [-0.4, -0.2) is 22.5 Å². The van der Waals surface area contributed by atoms with Crippen molar-refractivity contribution in [2.75, 3.05) is 3.71 Å². The van der Waals surface area contributed by atoms with Crippen LogP contribution in [0, 0.1) is 0 Å². The Morgan fingerprint density at radius 2 is 1.86 bits per heavy atom. The van der Waals surface area contributed by atoms with E-state index < -0.39 is 22.5 Å². The average molecular weight is 255 g/mol. The van der Waals surface area contributed by atoms with E-state index in [0.29, 0.717) is 0 Å². The van der Waals surface area contributed by atoms with Crippen LogP contribution in [0.25, 0.3) is 0 Å². The lowest BCUT2D eigenvalue weighted by Crippen LogP contribution is -2.28. The lowest BCUT2D eigenvalue weighted by atomic mass is 10.5. The van der Waals surface area contributed by atoms with E-state index >= 15 is 0 Å². The molecule has 1 aromatic heterocycles. The van der Waals surface area contributed by atoms with Crippen LogP contribution in [0.4, 0.5) is 5.82 Å². The van der Waals surface area contributed by atoms with E-state index in [1.54, 1.807) is 0 Å². The van der Waals surface area contributed by atoms with Crippen molar-refractivity contribution in [3.8, 4) is 0 Å². The summed E-state index contributed by atoms with van der Waals surface area (Å²) in [5.74, 6) is -0.240. The average Bonchev–Trinajstić information content (AvgIpc) is 2.07. The molecule has 0 amide bonds. The van der Waals surface area contributed by atoms with Gasteiger partial charge in [0.05, 0.1) is 27.6 Å². The van der Waals surface area contributed by atoms with Crippen LogP contribution in [0.1, 0.15) is 0 Å². The van der Waals surface area contributed by atoms with Crippen LogP contribution in [0.15, 0.2) is 18.3 Å². The highest BCUT2D eigenvalue weighted by molar-refractivity contribution is 7.98. The predicted octanol–water partition coefficient (Wildman–Crippen LogP) is 0.130. The summed E-state index contributed by atoms with van der Waals surface area (Å²) in [5, 5.41) is 0.280. The molecule has 0 aliphatic carbocycles. The van der Waals surface area contributed by atoms with Gasteiger partial charge in [0.25, 0.3) is 0 Å². The topological polar surface area (TPSA) is 96.4 Å². The number of aromatic nitrogens is 1. The Labute approximate surface area is 89.7 Å². The van der Waals surface area contributed by atoms with Crippen LogP contribution >= 0.6 is 11.6 Å². The molecule has 2 unspecified atom stereocenters. The Kier molecular flexibility index (Phi) is 3.96. The summed E-state index contributed by atoms with van der Waals surface area (Å²) in [6.07, 6.45) is 1.14. The van der Waals surface area contributed by atoms with E-state index in [4.69, 9.17) is 11.6 Å². The second-order valence-electron chi connectivity index (χ2n) is 2.03. The van der Waals surface area contributed by atoms with E-state index in [2.05, 4.69) is 4.98 Å². The molecule has 1 aromatic rings. The van der Waals surface area contributed by atoms with Crippen LogP contribution in [0.5, 0.6) is 0 Å². The zero-order valence-electron chi connectivity index (χ0n) is 6.45. The summed E-state index contributed by atoms with van der Waals surface area (Å²) < 4.78 is 42.0. The lowest BCUT2D eigenvalue weighted by Gasteiger charge is -2.25. The quantitative estimate of drug-likeness (QED) is 0.714. The number of rotatable bonds is 3. The number of nitrogens with zero attached hydrogens (tertiary/aromatic N) is 2. The fourth-order valence-electron chi connectivity index (χ4n) is 0.678. The highest BCUT2D eigenvalue weighted by Crippen LogP contribution is 2.16. The largest absolute Gasteiger partial charge is 0.754 e. The second kappa shape index (κ2) is 4.80. The Morgan fingerprint density at radius 3 is 2.21 bits per heavy atom. The second-order valence-corrected chi connectivity index (χ2v) is 4.29. The monoisotopic (exact) mass is 254 g/mol. The van der Waals surface area contributed by atoms with Gasteiger partial charge < -0.3 is 9.11 Å². The summed E-state index contributed by atoms with van der Waals surface area (Å²) in [4.78, 5) is 3.53. The molecule has 78 valence electrons. The molecule has 14 heavy (non-hydrogen) atoms. The Balaban J connectivity index is 3.06. The summed E-state index contributed by atoms with van der Waals surface area (Å²) in [6, 6.07) is 2.50. The summed E-state index contributed by atoms with van der Waals surface area (Å²) in [5.41, 5.74) is 0. The summed E-state index contributed by atoms with van der Waals surface area (Å²) >= 11 is -0.365. The predicted molar refractivity (Wildman–Crippen MR) is 49.6 cm³/mol. The molecule has 0 spiro atoms. The maximum absolute atomic E-state index is 10.5. The highest BCUT2D eigenvalue weighted by atomic mass is 35.5. The van der Waals surface area contributed by atoms with Crippen molar-refractivity contribution in [1.82, 2.24) is 4.98 Å². The molecule has 0 aliphatic rings. The van der Waals surface area contributed by atoms with Gasteiger partial charge in [-0.15, -0.1) is 0 Å². The van der Waals surface area contributed by atoms with Gasteiger partial charge >= 0.3 is 0 Å². The maximum Gasteiger partial charge on any atom is 0.151 e. The Morgan fingerprint density at radius 1 is 1.29 bits per heavy atom. The van der Waals surface area contributed by atoms with E-state index in [0.717, 1.165) is 6.20 Å². The first-order valence-corrected chi connectivity index (χ1v) is 5.57. The molecular formula is C5H3ClN2O4S2-2. The van der Waals surface area contributed by atoms with Gasteiger partial charge in [0, 0.05) is 6.20 Å². The van der Waals surface area contributed by atoms with Gasteiger partial charge in [0.2, 0.25) is 0 Å². The first-order valence-electron chi connectivity index (χ1n) is 3.13. The van der Waals surface area contributed by atoms with Crippen molar-refractivity contribution in [1.29, 1.82) is 0 Å². The summed E-state index contributed by atoms with van der Waals surface area (Å²) in [7, 11) is 0. The van der Waals surface area contributed by atoms with Gasteiger partial charge in [0.1, 0.15) is 0 Å². The minimum Gasteiger partial charge on any atom is -0.754 e. The number of halogens is 1. The molecule has 6 nitrogen and oxygen atoms in total. The van der Waals surface area contributed by atoms with Crippen molar-refractivity contribution in [3.05, 3.63) is 23.4 Å². The smallest absolute Gasteiger partial charge is 0.151 e. The Bertz CT molecular complexity index is 356. The van der Waals surface area contributed by atoms with Gasteiger partial charge in [-0.3, -0.25) is 8.42 Å². The van der Waals surface area contributed by atoms with Crippen molar-refractivity contribution >= 4 is 40.0 Å². The third kappa shape index (κ3) is 2.72. The standard InChI is InChI=1S/C5H5ClN2O4S2/c6-4-1-2-5(7-3-4)8(13(9)10)14(11)12/h1-3H,(H,9,10)(H,11,12)/p-2. The normalized spacial score (nSPS) is 14.8. The van der Waals surface area contributed by atoms with Crippen LogP contribution in [0.2, 0.25) is 5.02 Å². The van der Waals surface area contributed by atoms with Crippen LogP contribution in [0.3, 0.4) is 0 Å². The van der Waals surface area contributed by atoms with Gasteiger partial charge in [-0.2, -0.15) is 0 Å². The molecule has 0 fully saturated rings. The van der Waals surface area contributed by atoms with Crippen LogP contribution < -0.4 is 3.71 Å². The zero-order valence-corrected chi connectivity index (χ0v) is 8.84. The molecule has 0 bridgehead atoms. The fraction of sp³-hybridized carbons (Fsp3) is 0. The maximum atomic E-state index is 10.5. The molecule has 9 heteroatoms. The molecule has 1 heterocycles. The van der Waals surface area contributed by atoms with E-state index in [9.17, 15) is 17.5 Å². The molecule has 1 rings (SSSR count). The van der Waals surface area contributed by atoms with E-state index in [1.807, 2.05) is 0 Å². The van der Waals surface area contributed by atoms with E-state index in [-0.39, 0.29) is 14.6 Å². The molecule has 0 N–H and O–H groups in total. The molecular weight excluding hydrogens is 252 g/mol. The number of anilines is 1. The third-order valence-corrected chi connectivity index (χ3v) is 3.04. The van der Waals surface area contributed by atoms with Crippen molar-refractivity contribution in [2.45, 2.75) is 0 Å². The minimum atomic E-state index is -2.93. The lowest BCUT2D eigenvalue weighted by molar-refractivity contribution is 0.522. The minimum absolute atomic E-state index is 0.0936. The van der Waals surface area contributed by atoms with Crippen molar-refractivity contribution < 1.29 is 17.5 Å². The fourth-order valence-corrected chi connectivity index (χ4v) is 1.71. The number of pyridine rings is 1. The van der Waals surface area contributed by atoms with Gasteiger partial charge in [-0.1, -0.05) is 11.6 Å². The molecule has 0 aliphatic heterocycles. The molecule has 2 atom stereocenters. The Hall–Kier alpha value is -0.540. The highest BCUT2D eigenvalue weighted by Gasteiger charge is 2.08. The van der Waals surface area contributed by atoms with Crippen molar-refractivity contribution in [3.63, 3.8) is 0 Å². The third-order valence-electron chi connectivity index (χ3n) is 1.17. The van der Waals surface area contributed by atoms with Crippen molar-refractivity contribution in [2.24, 2.45) is 0 Å².